The Morgan fingerprint density at radius 2 is 2.25 bits per heavy atom. The highest BCUT2D eigenvalue weighted by molar-refractivity contribution is 9.11. The molecule has 1 atom stereocenters. The van der Waals surface area contributed by atoms with E-state index in [1.165, 1.54) is 18.4 Å². The van der Waals surface area contributed by atoms with Gasteiger partial charge in [0.15, 0.2) is 0 Å². The van der Waals surface area contributed by atoms with Gasteiger partial charge in [0.1, 0.15) is 11.9 Å². The Morgan fingerprint density at radius 1 is 1.50 bits per heavy atom. The normalized spacial score (nSPS) is 16.7. The third-order valence-electron chi connectivity index (χ3n) is 3.54. The number of anilines is 1. The van der Waals surface area contributed by atoms with E-state index in [1.54, 1.807) is 12.1 Å². The van der Waals surface area contributed by atoms with Crippen LogP contribution < -0.4 is 11.1 Å². The average molecular weight is 449 g/mol. The van der Waals surface area contributed by atoms with Gasteiger partial charge in [-0.1, -0.05) is 29.3 Å². The minimum Gasteiger partial charge on any atom is -0.467 e. The zero-order valence-corrected chi connectivity index (χ0v) is 16.3. The van der Waals surface area contributed by atoms with Gasteiger partial charge in [-0.2, -0.15) is 0 Å². The molecular weight excluding hydrogens is 437 g/mol. The maximum absolute atomic E-state index is 11.7. The zero-order valence-electron chi connectivity index (χ0n) is 12.4. The largest absolute Gasteiger partial charge is 0.467 e. The number of amidine groups is 1. The molecule has 0 bridgehead atoms. The predicted molar refractivity (Wildman–Crippen MR) is 102 cm³/mol. The van der Waals surface area contributed by atoms with E-state index in [2.05, 4.69) is 26.2 Å². The number of esters is 1. The van der Waals surface area contributed by atoms with E-state index in [4.69, 9.17) is 33.7 Å². The number of nitrogens with one attached hydrogen (secondary N) is 1. The Hall–Kier alpha value is -1.28. The summed E-state index contributed by atoms with van der Waals surface area (Å²) in [5.41, 5.74) is 8.29. The summed E-state index contributed by atoms with van der Waals surface area (Å²) in [7, 11) is 1.35. The fourth-order valence-electron chi connectivity index (χ4n) is 2.39. The minimum atomic E-state index is -0.499. The lowest BCUT2D eigenvalue weighted by molar-refractivity contribution is -0.142. The van der Waals surface area contributed by atoms with E-state index in [0.717, 1.165) is 19.8 Å². The van der Waals surface area contributed by atoms with Crippen molar-refractivity contribution in [1.82, 2.24) is 5.32 Å². The third-order valence-corrected chi connectivity index (χ3v) is 6.01. The molecule has 0 spiro atoms. The summed E-state index contributed by atoms with van der Waals surface area (Å²) in [5, 5.41) is 4.11. The number of carbonyl (C=O) groups excluding carboxylic acids is 1. The van der Waals surface area contributed by atoms with Crippen molar-refractivity contribution in [3.63, 3.8) is 0 Å². The number of benzene rings is 1. The van der Waals surface area contributed by atoms with Crippen molar-refractivity contribution in [2.75, 3.05) is 19.4 Å². The lowest BCUT2D eigenvalue weighted by Gasteiger charge is -2.11. The Labute approximate surface area is 160 Å². The van der Waals surface area contributed by atoms with Gasteiger partial charge >= 0.3 is 5.97 Å². The number of nitrogens with zero attached hydrogens (tertiary/aromatic N) is 1. The van der Waals surface area contributed by atoms with Gasteiger partial charge in [-0.3, -0.25) is 4.99 Å². The summed E-state index contributed by atoms with van der Waals surface area (Å²) < 4.78 is 5.52. The van der Waals surface area contributed by atoms with Crippen LogP contribution >= 0.6 is 50.5 Å². The number of methoxy groups -OCH3 is 1. The summed E-state index contributed by atoms with van der Waals surface area (Å²) in [6.45, 7) is 0.311. The van der Waals surface area contributed by atoms with Crippen LogP contribution in [-0.4, -0.2) is 31.5 Å². The first-order valence-electron chi connectivity index (χ1n) is 6.84. The van der Waals surface area contributed by atoms with Crippen molar-refractivity contribution in [2.24, 2.45) is 4.99 Å². The van der Waals surface area contributed by atoms with E-state index in [1.807, 2.05) is 6.07 Å². The number of nitrogens with two attached hydrogens (primary N) is 1. The molecule has 1 aliphatic heterocycles. The van der Waals surface area contributed by atoms with Gasteiger partial charge in [-0.15, -0.1) is 11.3 Å². The van der Waals surface area contributed by atoms with Crippen LogP contribution in [0.1, 0.15) is 4.88 Å². The van der Waals surface area contributed by atoms with Crippen molar-refractivity contribution in [2.45, 2.75) is 6.04 Å². The lowest BCUT2D eigenvalue weighted by Crippen LogP contribution is -2.38. The first-order valence-corrected chi connectivity index (χ1v) is 9.21. The van der Waals surface area contributed by atoms with Gasteiger partial charge in [0.25, 0.3) is 0 Å². The zero-order chi connectivity index (χ0) is 17.4. The number of hydrogen-bond acceptors (Lipinski definition) is 6. The topological polar surface area (TPSA) is 76.7 Å². The molecule has 126 valence electrons. The summed E-state index contributed by atoms with van der Waals surface area (Å²) >= 11 is 17.2. The molecule has 3 rings (SSSR count). The molecule has 9 heteroatoms. The Kier molecular flexibility index (Phi) is 5.05. The standard InChI is InChI=1S/C15H12BrCl2N3O2S/c1-23-15(22)9-5-20-14(21-9)12-10(11(19)13(16)24-12)7-3-2-6(17)4-8(7)18/h2-4,9H,5,19H2,1H3,(H,20,21). The number of aliphatic imine (C=N–C) groups is 1. The number of rotatable bonds is 3. The second-order valence-electron chi connectivity index (χ2n) is 5.03. The third kappa shape index (κ3) is 3.13. The van der Waals surface area contributed by atoms with Crippen LogP contribution in [0.4, 0.5) is 5.69 Å². The number of hydrogen-bond donors (Lipinski definition) is 2. The summed E-state index contributed by atoms with van der Waals surface area (Å²) in [4.78, 5) is 16.9. The quantitative estimate of drug-likeness (QED) is 0.696. The van der Waals surface area contributed by atoms with E-state index < -0.39 is 6.04 Å². The van der Waals surface area contributed by atoms with E-state index >= 15 is 0 Å². The van der Waals surface area contributed by atoms with Crippen LogP contribution in [0.5, 0.6) is 0 Å². The number of halogens is 3. The van der Waals surface area contributed by atoms with Crippen LogP contribution in [0.3, 0.4) is 0 Å². The molecule has 1 unspecified atom stereocenters. The van der Waals surface area contributed by atoms with Gasteiger partial charge in [-0.25, -0.2) is 4.79 Å². The lowest BCUT2D eigenvalue weighted by atomic mass is 10.0. The van der Waals surface area contributed by atoms with Crippen molar-refractivity contribution in [3.05, 3.63) is 36.9 Å². The second kappa shape index (κ2) is 6.92. The predicted octanol–water partition coefficient (Wildman–Crippen LogP) is 3.96. The molecule has 1 aromatic heterocycles. The fourth-order valence-corrected chi connectivity index (χ4v) is 4.51. The summed E-state index contributed by atoms with van der Waals surface area (Å²) in [6, 6.07) is 4.72. The highest BCUT2D eigenvalue weighted by Crippen LogP contribution is 2.45. The molecule has 0 radical (unpaired) electrons. The first kappa shape index (κ1) is 17.5. The molecule has 24 heavy (non-hydrogen) atoms. The Bertz CT molecular complexity index is 853. The van der Waals surface area contributed by atoms with E-state index in [9.17, 15) is 4.79 Å². The average Bonchev–Trinajstić information content (AvgIpc) is 3.14. The molecule has 0 fully saturated rings. The molecule has 0 aliphatic carbocycles. The van der Waals surface area contributed by atoms with Crippen molar-refractivity contribution in [3.8, 4) is 11.1 Å². The van der Waals surface area contributed by atoms with Crippen molar-refractivity contribution >= 4 is 68.0 Å². The van der Waals surface area contributed by atoms with Gasteiger partial charge < -0.3 is 15.8 Å². The van der Waals surface area contributed by atoms with Crippen molar-refractivity contribution < 1.29 is 9.53 Å². The molecule has 0 saturated carbocycles. The molecule has 0 saturated heterocycles. The molecule has 2 heterocycles. The van der Waals surface area contributed by atoms with Crippen LogP contribution in [0.15, 0.2) is 27.0 Å². The van der Waals surface area contributed by atoms with Crippen LogP contribution in [0.2, 0.25) is 10.0 Å². The number of ether oxygens (including phenoxy) is 1. The van der Waals surface area contributed by atoms with Crippen LogP contribution in [-0.2, 0) is 9.53 Å². The summed E-state index contributed by atoms with van der Waals surface area (Å²) in [6.07, 6.45) is 0. The minimum absolute atomic E-state index is 0.311. The maximum atomic E-state index is 11.7. The Morgan fingerprint density at radius 3 is 2.92 bits per heavy atom. The second-order valence-corrected chi connectivity index (χ2v) is 8.21. The number of nitrogen functional groups attached to an aromatic ring is 1. The number of thiophene rings is 1. The number of carbonyl (C=O) groups is 1. The molecule has 5 nitrogen and oxygen atoms in total. The molecular formula is C15H12BrCl2N3O2S. The highest BCUT2D eigenvalue weighted by atomic mass is 79.9. The van der Waals surface area contributed by atoms with E-state index in [-0.39, 0.29) is 5.97 Å². The molecule has 1 aromatic carbocycles. The SMILES string of the molecule is COC(=O)C1CN=C(c2sc(Br)c(N)c2-c2ccc(Cl)cc2Cl)N1. The maximum Gasteiger partial charge on any atom is 0.330 e. The highest BCUT2D eigenvalue weighted by Gasteiger charge is 2.30. The first-order chi connectivity index (χ1) is 11.4. The molecule has 3 N–H and O–H groups in total. The molecule has 2 aromatic rings. The molecule has 0 amide bonds. The fraction of sp³-hybridized carbons (Fsp3) is 0.200. The van der Waals surface area contributed by atoms with Crippen molar-refractivity contribution in [1.29, 1.82) is 0 Å². The monoisotopic (exact) mass is 447 g/mol. The van der Waals surface area contributed by atoms with Gasteiger partial charge in [-0.05, 0) is 28.1 Å². The van der Waals surface area contributed by atoms with Gasteiger partial charge in [0.2, 0.25) is 0 Å². The molecule has 1 aliphatic rings. The Balaban J connectivity index is 2.05. The van der Waals surface area contributed by atoms with Crippen LogP contribution in [0.25, 0.3) is 11.1 Å². The van der Waals surface area contributed by atoms with Crippen LogP contribution in [0, 0.1) is 0 Å². The smallest absolute Gasteiger partial charge is 0.330 e. The van der Waals surface area contributed by atoms with E-state index in [0.29, 0.717) is 28.1 Å². The van der Waals surface area contributed by atoms with Gasteiger partial charge in [0, 0.05) is 16.1 Å². The summed E-state index contributed by atoms with van der Waals surface area (Å²) in [5.74, 6) is 0.234. The van der Waals surface area contributed by atoms with Gasteiger partial charge in [0.05, 0.1) is 33.0 Å².